The van der Waals surface area contributed by atoms with Crippen LogP contribution in [0.2, 0.25) is 0 Å². The summed E-state index contributed by atoms with van der Waals surface area (Å²) in [5, 5.41) is 13.9. The molecule has 0 aromatic carbocycles. The van der Waals surface area contributed by atoms with Gasteiger partial charge in [0.05, 0.1) is 6.54 Å². The van der Waals surface area contributed by atoms with Crippen LogP contribution >= 0.6 is 11.3 Å². The molecule has 166 valence electrons. The zero-order valence-corrected chi connectivity index (χ0v) is 20.0. The zero-order chi connectivity index (χ0) is 21.3. The summed E-state index contributed by atoms with van der Waals surface area (Å²) in [4.78, 5) is 16.2. The summed E-state index contributed by atoms with van der Waals surface area (Å²) >= 11 is 1.52. The minimum Gasteiger partial charge on any atom is -0.324 e. The fourth-order valence-electron chi connectivity index (χ4n) is 3.60. The number of carbonyl (C=O) groups excluding carboxylic acids is 1. The van der Waals surface area contributed by atoms with Crippen molar-refractivity contribution < 1.29 is 4.79 Å². The number of rotatable bonds is 13. The molecule has 1 aromatic heterocycles. The van der Waals surface area contributed by atoms with Crippen LogP contribution in [0, 0.1) is 0 Å². The molecule has 2 rings (SSSR count). The second-order valence-corrected chi connectivity index (χ2v) is 10.3. The summed E-state index contributed by atoms with van der Waals surface area (Å²) in [6, 6.07) is 0.00202. The highest BCUT2D eigenvalue weighted by Gasteiger charge is 2.38. The van der Waals surface area contributed by atoms with Crippen LogP contribution in [0.15, 0.2) is 0 Å². The lowest BCUT2D eigenvalue weighted by Gasteiger charge is -2.21. The topological polar surface area (TPSA) is 61.4 Å². The lowest BCUT2D eigenvalue weighted by molar-refractivity contribution is 0.229. The average Bonchev–Trinajstić information content (AvgIpc) is 3.25. The molecule has 0 aliphatic carbocycles. The van der Waals surface area contributed by atoms with Gasteiger partial charge in [-0.15, -0.1) is 10.2 Å². The number of hydrogen-bond donors (Lipinski definition) is 1. The number of anilines is 1. The second kappa shape index (κ2) is 11.8. The summed E-state index contributed by atoms with van der Waals surface area (Å²) in [5.74, 6) is 0. The predicted molar refractivity (Wildman–Crippen MR) is 123 cm³/mol. The molecule has 1 saturated heterocycles. The van der Waals surface area contributed by atoms with E-state index in [9.17, 15) is 4.79 Å². The van der Waals surface area contributed by atoms with Gasteiger partial charge in [-0.1, -0.05) is 96.8 Å². The van der Waals surface area contributed by atoms with Crippen LogP contribution in [-0.2, 0) is 5.41 Å². The highest BCUT2D eigenvalue weighted by molar-refractivity contribution is 7.15. The number of urea groups is 1. The third-order valence-electron chi connectivity index (χ3n) is 5.46. The van der Waals surface area contributed by atoms with E-state index in [0.29, 0.717) is 11.7 Å². The fraction of sp³-hybridized carbons (Fsp3) is 0.864. The smallest absolute Gasteiger partial charge is 0.324 e. The van der Waals surface area contributed by atoms with Gasteiger partial charge in [0, 0.05) is 12.5 Å². The van der Waals surface area contributed by atoms with Gasteiger partial charge in [-0.3, -0.25) is 10.2 Å². The Kier molecular flexibility index (Phi) is 9.83. The number of nitrogens with one attached hydrogen (secondary N) is 1. The van der Waals surface area contributed by atoms with Crippen LogP contribution in [0.5, 0.6) is 0 Å². The number of aromatic nitrogens is 2. The lowest BCUT2D eigenvalue weighted by atomic mass is 9.98. The van der Waals surface area contributed by atoms with E-state index in [1.807, 2.05) is 7.05 Å². The normalized spacial score (nSPS) is 17.6. The minimum atomic E-state index is -0.0521. The van der Waals surface area contributed by atoms with Crippen molar-refractivity contribution in [3.63, 3.8) is 0 Å². The van der Waals surface area contributed by atoms with Gasteiger partial charge in [0.1, 0.15) is 11.2 Å². The second-order valence-electron chi connectivity index (χ2n) is 9.32. The van der Waals surface area contributed by atoms with Crippen molar-refractivity contribution in [2.45, 2.75) is 103 Å². The highest BCUT2D eigenvalue weighted by atomic mass is 32.1. The van der Waals surface area contributed by atoms with Gasteiger partial charge in [-0.05, 0) is 13.0 Å². The number of nitrogens with zero attached hydrogens (tertiary/aromatic N) is 4. The Morgan fingerprint density at radius 1 is 1.00 bits per heavy atom. The SMILES string of the molecule is CCCCCCCCCCCCNC1CN(C)C(=O)N1c1nnc(C(C)(C)C)s1. The highest BCUT2D eigenvalue weighted by Crippen LogP contribution is 2.32. The van der Waals surface area contributed by atoms with E-state index < -0.39 is 0 Å². The summed E-state index contributed by atoms with van der Waals surface area (Å²) in [6.45, 7) is 10.2. The molecule has 1 aliphatic rings. The van der Waals surface area contributed by atoms with E-state index in [2.05, 4.69) is 43.2 Å². The maximum absolute atomic E-state index is 12.6. The molecule has 1 fully saturated rings. The van der Waals surface area contributed by atoms with Crippen LogP contribution in [0.4, 0.5) is 9.93 Å². The standard InChI is InChI=1S/C22H41N5OS/c1-6-7-8-9-10-11-12-13-14-15-16-23-18-17-26(5)21(28)27(18)20-25-24-19(29-20)22(2,3)4/h18,23H,6-17H2,1-5H3. The van der Waals surface area contributed by atoms with Gasteiger partial charge in [0.2, 0.25) is 5.13 Å². The maximum Gasteiger partial charge on any atom is 0.327 e. The molecule has 1 atom stereocenters. The third-order valence-corrected chi connectivity index (χ3v) is 6.81. The van der Waals surface area contributed by atoms with Gasteiger partial charge in [-0.25, -0.2) is 4.79 Å². The van der Waals surface area contributed by atoms with Crippen molar-refractivity contribution >= 4 is 22.5 Å². The molecule has 29 heavy (non-hydrogen) atoms. The Hall–Kier alpha value is -1.21. The first-order valence-corrected chi connectivity index (χ1v) is 12.3. The van der Waals surface area contributed by atoms with E-state index in [1.54, 1.807) is 9.80 Å². The van der Waals surface area contributed by atoms with Crippen molar-refractivity contribution in [2.24, 2.45) is 0 Å². The summed E-state index contributed by atoms with van der Waals surface area (Å²) in [7, 11) is 1.85. The predicted octanol–water partition coefficient (Wildman–Crippen LogP) is 5.54. The molecule has 6 nitrogen and oxygen atoms in total. The fourth-order valence-corrected chi connectivity index (χ4v) is 4.55. The molecule has 1 unspecified atom stereocenters. The zero-order valence-electron chi connectivity index (χ0n) is 19.2. The Labute approximate surface area is 181 Å². The monoisotopic (exact) mass is 423 g/mol. The van der Waals surface area contributed by atoms with Crippen LogP contribution in [0.1, 0.15) is 96.9 Å². The Morgan fingerprint density at radius 3 is 2.14 bits per heavy atom. The number of unbranched alkanes of at least 4 members (excludes halogenated alkanes) is 9. The number of amides is 2. The third kappa shape index (κ3) is 7.52. The molecule has 1 aromatic rings. The molecule has 0 radical (unpaired) electrons. The first kappa shape index (κ1) is 24.1. The molecule has 0 spiro atoms. The molecule has 2 amide bonds. The lowest BCUT2D eigenvalue weighted by Crippen LogP contribution is -2.44. The Morgan fingerprint density at radius 2 is 1.59 bits per heavy atom. The van der Waals surface area contributed by atoms with Crippen LogP contribution in [0.25, 0.3) is 0 Å². The van der Waals surface area contributed by atoms with E-state index in [-0.39, 0.29) is 17.6 Å². The summed E-state index contributed by atoms with van der Waals surface area (Å²) in [5.41, 5.74) is -0.0521. The van der Waals surface area contributed by atoms with Crippen molar-refractivity contribution in [2.75, 3.05) is 25.0 Å². The number of hydrogen-bond acceptors (Lipinski definition) is 5. The van der Waals surface area contributed by atoms with Gasteiger partial charge in [0.25, 0.3) is 0 Å². The van der Waals surface area contributed by atoms with Gasteiger partial charge in [-0.2, -0.15) is 0 Å². The van der Waals surface area contributed by atoms with Crippen molar-refractivity contribution in [1.82, 2.24) is 20.4 Å². The number of carbonyl (C=O) groups is 1. The first-order chi connectivity index (χ1) is 13.8. The van der Waals surface area contributed by atoms with E-state index in [0.717, 1.165) is 18.0 Å². The van der Waals surface area contributed by atoms with E-state index in [1.165, 1.54) is 69.1 Å². The molecule has 7 heteroatoms. The molecule has 1 aliphatic heterocycles. The number of likely N-dealkylation sites (N-methyl/N-ethyl adjacent to an activating group) is 1. The van der Waals surface area contributed by atoms with Crippen molar-refractivity contribution in [3.05, 3.63) is 5.01 Å². The summed E-state index contributed by atoms with van der Waals surface area (Å²) < 4.78 is 0. The van der Waals surface area contributed by atoms with Crippen LogP contribution in [0.3, 0.4) is 0 Å². The Bertz CT molecular complexity index is 613. The average molecular weight is 424 g/mol. The van der Waals surface area contributed by atoms with Gasteiger partial charge in [0.15, 0.2) is 0 Å². The van der Waals surface area contributed by atoms with E-state index >= 15 is 0 Å². The molecule has 1 N–H and O–H groups in total. The molecular weight excluding hydrogens is 382 g/mol. The van der Waals surface area contributed by atoms with Gasteiger partial charge >= 0.3 is 6.03 Å². The Balaban J connectivity index is 1.70. The van der Waals surface area contributed by atoms with E-state index in [4.69, 9.17) is 0 Å². The molecule has 0 saturated carbocycles. The first-order valence-electron chi connectivity index (χ1n) is 11.5. The van der Waals surface area contributed by atoms with Crippen molar-refractivity contribution in [3.8, 4) is 0 Å². The molecule has 0 bridgehead atoms. The van der Waals surface area contributed by atoms with Crippen LogP contribution in [-0.4, -0.2) is 47.4 Å². The maximum atomic E-state index is 12.6. The van der Waals surface area contributed by atoms with Gasteiger partial charge < -0.3 is 4.90 Å². The molecular formula is C22H41N5OS. The minimum absolute atomic E-state index is 0.00202. The largest absolute Gasteiger partial charge is 0.327 e. The summed E-state index contributed by atoms with van der Waals surface area (Å²) in [6.07, 6.45) is 13.3. The molecule has 2 heterocycles. The van der Waals surface area contributed by atoms with Crippen molar-refractivity contribution in [1.29, 1.82) is 0 Å². The van der Waals surface area contributed by atoms with Crippen LogP contribution < -0.4 is 10.2 Å². The quantitative estimate of drug-likeness (QED) is 0.423.